The van der Waals surface area contributed by atoms with Crippen LogP contribution in [-0.2, 0) is 191 Å². The van der Waals surface area contributed by atoms with Gasteiger partial charge >= 0.3 is 310 Å². The fraction of sp³-hybridized carbons (Fsp3) is 0. The monoisotopic (exact) mass is 1610 g/mol. The van der Waals surface area contributed by atoms with Crippen molar-refractivity contribution in [1.29, 1.82) is 0 Å². The number of hydrogen-bond acceptors (Lipinski definition) is 12. The molecule has 0 aliphatic heterocycles. The van der Waals surface area contributed by atoms with Gasteiger partial charge in [0.25, 0.3) is 0 Å². The van der Waals surface area contributed by atoms with Crippen LogP contribution in [-0.4, -0.2) is 80.9 Å². The summed E-state index contributed by atoms with van der Waals surface area (Å²) in [4.78, 5) is 0. The molecule has 0 atom stereocenters. The van der Waals surface area contributed by atoms with Crippen molar-refractivity contribution >= 4 is 80.9 Å². The van der Waals surface area contributed by atoms with Gasteiger partial charge in [0.05, 0.1) is 0 Å². The van der Waals surface area contributed by atoms with E-state index >= 15 is 0 Å². The van der Waals surface area contributed by atoms with Gasteiger partial charge in [0.15, 0.2) is 0 Å². The van der Waals surface area contributed by atoms with Crippen LogP contribution in [0, 0.1) is 0 Å². The third-order valence-corrected chi connectivity index (χ3v) is 0. The van der Waals surface area contributed by atoms with Gasteiger partial charge in [-0.25, -0.2) is 0 Å². The van der Waals surface area contributed by atoms with Crippen LogP contribution in [0.1, 0.15) is 0 Å². The first kappa shape index (κ1) is 76.5. The van der Waals surface area contributed by atoms with E-state index in [0.29, 0.717) is 0 Å². The van der Waals surface area contributed by atoms with E-state index in [1.165, 1.54) is 0 Å². The molecule has 0 aliphatic rings. The van der Waals surface area contributed by atoms with Gasteiger partial charge in [-0.3, -0.25) is 0 Å². The molecule has 0 aromatic rings. The molecular formula is Ag8F4O12Sb4. The van der Waals surface area contributed by atoms with Crippen LogP contribution in [0.15, 0.2) is 0 Å². The van der Waals surface area contributed by atoms with Crippen molar-refractivity contribution in [3.8, 4) is 0 Å². The SMILES string of the molecule is [Ag+].[Ag+].[Ag+].[Ag+].[Ag+].[Ag+].[Ag+].[Ag+].[O]=[Sb]([O-])([O-])[F].[O]=[Sb]([O-])([O-])[F].[O]=[Sb]([O-])([O-])[F].[O]=[Sb]([O-])([O-])[F]. The third kappa shape index (κ3) is 598. The number of halogens is 4. The first-order valence-electron chi connectivity index (χ1n) is 2.87. The molecule has 0 aromatic carbocycles. The first-order chi connectivity index (χ1) is 8.00. The summed E-state index contributed by atoms with van der Waals surface area (Å²) in [7, 11) is 0. The molecule has 0 heterocycles. The molecule has 0 N–H and O–H groups in total. The summed E-state index contributed by atoms with van der Waals surface area (Å²) in [6.07, 6.45) is 0. The van der Waals surface area contributed by atoms with Crippen LogP contribution in [0.2, 0.25) is 0 Å². The van der Waals surface area contributed by atoms with E-state index in [0.717, 1.165) is 0 Å². The number of rotatable bonds is 0. The predicted molar refractivity (Wildman–Crippen MR) is 30.2 cm³/mol. The van der Waals surface area contributed by atoms with Crippen molar-refractivity contribution in [3.05, 3.63) is 0 Å². The molecule has 0 aromatic heterocycles. The van der Waals surface area contributed by atoms with Crippen molar-refractivity contribution in [1.82, 2.24) is 0 Å². The van der Waals surface area contributed by atoms with E-state index in [1.54, 1.807) is 0 Å². The van der Waals surface area contributed by atoms with E-state index in [-0.39, 0.29) is 179 Å². The third-order valence-electron chi connectivity index (χ3n) is 0. The second-order valence-corrected chi connectivity index (χ2v) is 11.6. The second kappa shape index (κ2) is 39.3. The van der Waals surface area contributed by atoms with Crippen LogP contribution >= 0.6 is 0 Å². The Morgan fingerprint density at radius 1 is 0.321 bits per heavy atom. The van der Waals surface area contributed by atoms with Crippen molar-refractivity contribution in [3.63, 3.8) is 0 Å². The van der Waals surface area contributed by atoms with Gasteiger partial charge in [-0.2, -0.15) is 0 Å². The second-order valence-electron chi connectivity index (χ2n) is 1.72. The van der Waals surface area contributed by atoms with Crippen LogP contribution in [0.3, 0.4) is 0 Å². The molecule has 0 unspecified atom stereocenters. The van der Waals surface area contributed by atoms with Gasteiger partial charge in [0, 0.05) is 0 Å². The Kier molecular flexibility index (Phi) is 107. The molecule has 0 saturated carbocycles. The average Bonchev–Trinajstić information content (AvgIpc) is 1.62. The maximum atomic E-state index is 10.2. The Labute approximate surface area is 302 Å². The van der Waals surface area contributed by atoms with E-state index < -0.39 is 80.9 Å². The Morgan fingerprint density at radius 3 is 0.321 bits per heavy atom. The summed E-state index contributed by atoms with van der Waals surface area (Å²) in [6, 6.07) is 0. The van der Waals surface area contributed by atoms with Gasteiger partial charge < -0.3 is 0 Å². The van der Waals surface area contributed by atoms with Crippen molar-refractivity contribution < 1.29 is 229 Å². The molecule has 0 spiro atoms. The van der Waals surface area contributed by atoms with Gasteiger partial charge in [-0.05, 0) is 0 Å². The van der Waals surface area contributed by atoms with Crippen LogP contribution < -0.4 is 27.1 Å². The normalized spacial score (nSPS) is 8.43. The molecule has 28 heteroatoms. The Morgan fingerprint density at radius 2 is 0.321 bits per heavy atom. The minimum atomic E-state index is -6.35. The summed E-state index contributed by atoms with van der Waals surface area (Å²) < 4.78 is 143. The van der Waals surface area contributed by atoms with E-state index in [4.69, 9.17) is 39.2 Å². The summed E-state index contributed by atoms with van der Waals surface area (Å²) >= 11 is -25.4. The Bertz CT molecular complexity index is 316. The molecule has 208 valence electrons. The summed E-state index contributed by atoms with van der Waals surface area (Å²) in [5, 5.41) is 0. The van der Waals surface area contributed by atoms with Crippen molar-refractivity contribution in [2.45, 2.75) is 0 Å². The molecule has 28 heavy (non-hydrogen) atoms. The molecule has 0 radical (unpaired) electrons. The molecule has 12 nitrogen and oxygen atoms in total. The van der Waals surface area contributed by atoms with Gasteiger partial charge in [0.1, 0.15) is 0 Å². The first-order valence-corrected chi connectivity index (χ1v) is 19.2. The zero-order chi connectivity index (χ0) is 18.0. The van der Waals surface area contributed by atoms with Crippen LogP contribution in [0.5, 0.6) is 0 Å². The van der Waals surface area contributed by atoms with Gasteiger partial charge in [0.2, 0.25) is 0 Å². The van der Waals surface area contributed by atoms with E-state index in [2.05, 4.69) is 0 Å². The van der Waals surface area contributed by atoms with Crippen molar-refractivity contribution in [2.24, 2.45) is 0 Å². The maximum absolute atomic E-state index is 10.2. The quantitative estimate of drug-likeness (QED) is 0.162. The standard InChI is InChI=1S/8Ag.4FH.12O.4Sb/h;;;;;;;;4*1H;;;;;;;;;;;;;;;;/q8*+1;;;;;;;;;8*-1;4*+1/p-4. The topological polar surface area (TPSA) is 253 Å². The van der Waals surface area contributed by atoms with E-state index in [1.807, 2.05) is 0 Å². The molecule has 0 rings (SSSR count). The minimum absolute atomic E-state index is 0. The predicted octanol–water partition coefficient (Wildman–Crippen LogP) is -9.85. The Balaban J connectivity index is -0.0000000111. The van der Waals surface area contributed by atoms with Gasteiger partial charge in [-0.1, -0.05) is 0 Å². The van der Waals surface area contributed by atoms with E-state index in [9.17, 15) is 11.3 Å². The fourth-order valence-electron chi connectivity index (χ4n) is 0. The summed E-state index contributed by atoms with van der Waals surface area (Å²) in [6.45, 7) is 0. The molecule has 0 bridgehead atoms. The van der Waals surface area contributed by atoms with Gasteiger partial charge in [-0.15, -0.1) is 0 Å². The molecule has 0 saturated heterocycles. The molecule has 0 amide bonds. The van der Waals surface area contributed by atoms with Crippen LogP contribution in [0.4, 0.5) is 11.3 Å². The molecular weight excluding hydrogens is 1620 g/mol. The van der Waals surface area contributed by atoms with Crippen molar-refractivity contribution in [2.75, 3.05) is 0 Å². The molecule has 0 aliphatic carbocycles. The zero-order valence-corrected chi connectivity index (χ0v) is 32.7. The average molecular weight is 1620 g/mol. The van der Waals surface area contributed by atoms with Crippen LogP contribution in [0.25, 0.3) is 0 Å². The summed E-state index contributed by atoms with van der Waals surface area (Å²) in [5.74, 6) is 0. The summed E-state index contributed by atoms with van der Waals surface area (Å²) in [5.41, 5.74) is 0. The zero-order valence-electron chi connectivity index (χ0n) is 10.6. The number of hydrogen-bond donors (Lipinski definition) is 0. The molecule has 0 fully saturated rings. The fourth-order valence-corrected chi connectivity index (χ4v) is 0. The Hall–Kier alpha value is 7.79.